The van der Waals surface area contributed by atoms with Crippen LogP contribution >= 0.6 is 0 Å². The van der Waals surface area contributed by atoms with E-state index in [0.29, 0.717) is 0 Å². The van der Waals surface area contributed by atoms with Crippen LogP contribution in [0.2, 0.25) is 0 Å². The fourth-order valence-corrected chi connectivity index (χ4v) is 2.90. The van der Waals surface area contributed by atoms with Crippen molar-refractivity contribution in [3.8, 4) is 0 Å². The van der Waals surface area contributed by atoms with Gasteiger partial charge in [0.2, 0.25) is 0 Å². The summed E-state index contributed by atoms with van der Waals surface area (Å²) >= 11 is 0. The molecule has 0 radical (unpaired) electrons. The van der Waals surface area contributed by atoms with Gasteiger partial charge < -0.3 is 14.2 Å². The summed E-state index contributed by atoms with van der Waals surface area (Å²) in [6.07, 6.45) is 7.24. The third-order valence-corrected chi connectivity index (χ3v) is 3.82. The van der Waals surface area contributed by atoms with Crippen LogP contribution < -0.4 is 0 Å². The zero-order valence-electron chi connectivity index (χ0n) is 12.3. The molecule has 110 valence electrons. The third kappa shape index (κ3) is 3.93. The second-order valence-corrected chi connectivity index (χ2v) is 6.09. The molecule has 0 spiro atoms. The van der Waals surface area contributed by atoms with Crippen LogP contribution in [-0.2, 0) is 19.0 Å². The van der Waals surface area contributed by atoms with Crippen LogP contribution in [0.15, 0.2) is 0 Å². The lowest BCUT2D eigenvalue weighted by Crippen LogP contribution is -2.43. The molecule has 0 aromatic rings. The molecule has 19 heavy (non-hydrogen) atoms. The van der Waals surface area contributed by atoms with E-state index >= 15 is 0 Å². The maximum absolute atomic E-state index is 11.9. The van der Waals surface area contributed by atoms with Crippen molar-refractivity contribution in [2.45, 2.75) is 89.8 Å². The minimum Gasteiger partial charge on any atom is -0.460 e. The quantitative estimate of drug-likeness (QED) is 0.549. The largest absolute Gasteiger partial charge is 0.460 e. The molecule has 2 aliphatic heterocycles. The minimum absolute atomic E-state index is 0.00729. The first kappa shape index (κ1) is 14.8. The summed E-state index contributed by atoms with van der Waals surface area (Å²) in [5, 5.41) is 0. The van der Waals surface area contributed by atoms with Gasteiger partial charge >= 0.3 is 5.97 Å². The van der Waals surface area contributed by atoms with Gasteiger partial charge in [-0.3, -0.25) is 0 Å². The summed E-state index contributed by atoms with van der Waals surface area (Å²) in [5.74, 6) is -0.912. The average molecular weight is 270 g/mol. The Bertz CT molecular complexity index is 313. The first-order valence-corrected chi connectivity index (χ1v) is 7.58. The third-order valence-electron chi connectivity index (χ3n) is 3.82. The normalized spacial score (nSPS) is 33.0. The first-order valence-electron chi connectivity index (χ1n) is 7.58. The van der Waals surface area contributed by atoms with Gasteiger partial charge in [-0.25, -0.2) is 4.79 Å². The van der Waals surface area contributed by atoms with Crippen molar-refractivity contribution in [3.05, 3.63) is 0 Å². The molecule has 0 aliphatic carbocycles. The van der Waals surface area contributed by atoms with Gasteiger partial charge in [-0.05, 0) is 26.7 Å². The molecule has 0 amide bonds. The molecule has 0 bridgehead atoms. The predicted molar refractivity (Wildman–Crippen MR) is 71.7 cm³/mol. The van der Waals surface area contributed by atoms with E-state index in [4.69, 9.17) is 14.2 Å². The van der Waals surface area contributed by atoms with Crippen LogP contribution in [-0.4, -0.2) is 30.1 Å². The zero-order chi connectivity index (χ0) is 13.9. The number of ether oxygens (including phenoxy) is 3. The molecule has 2 aliphatic rings. The average Bonchev–Trinajstić information content (AvgIpc) is 2.64. The van der Waals surface area contributed by atoms with Crippen molar-refractivity contribution in [2.75, 3.05) is 0 Å². The summed E-state index contributed by atoms with van der Waals surface area (Å²) < 4.78 is 16.8. The Morgan fingerprint density at radius 1 is 1.16 bits per heavy atom. The lowest BCUT2D eigenvalue weighted by Gasteiger charge is -2.28. The van der Waals surface area contributed by atoms with Gasteiger partial charge in [-0.2, -0.15) is 0 Å². The van der Waals surface area contributed by atoms with Crippen molar-refractivity contribution >= 4 is 5.97 Å². The smallest absolute Gasteiger partial charge is 0.338 e. The van der Waals surface area contributed by atoms with E-state index in [1.807, 2.05) is 13.8 Å². The molecule has 0 aromatic heterocycles. The van der Waals surface area contributed by atoms with E-state index in [1.165, 1.54) is 25.7 Å². The molecule has 4 heteroatoms. The van der Waals surface area contributed by atoms with Crippen LogP contribution in [0.3, 0.4) is 0 Å². The van der Waals surface area contributed by atoms with Gasteiger partial charge in [0, 0.05) is 6.42 Å². The first-order chi connectivity index (χ1) is 9.02. The Balaban J connectivity index is 1.75. The van der Waals surface area contributed by atoms with Crippen molar-refractivity contribution < 1.29 is 19.0 Å². The molecule has 2 saturated heterocycles. The number of esters is 1. The SMILES string of the molecule is CCCCCCC[C@H]1C[C@@H]2OC(C)(C)O[C@@H]2C(=O)O1. The second-order valence-electron chi connectivity index (χ2n) is 6.09. The van der Waals surface area contributed by atoms with E-state index in [9.17, 15) is 4.79 Å². The molecule has 2 heterocycles. The fraction of sp³-hybridized carbons (Fsp3) is 0.933. The Kier molecular flexibility index (Phi) is 4.85. The van der Waals surface area contributed by atoms with E-state index in [2.05, 4.69) is 6.92 Å². The highest BCUT2D eigenvalue weighted by Crippen LogP contribution is 2.35. The second kappa shape index (κ2) is 6.23. The summed E-state index contributed by atoms with van der Waals surface area (Å²) in [5.41, 5.74) is 0. The molecule has 2 rings (SSSR count). The lowest BCUT2D eigenvalue weighted by atomic mass is 9.98. The topological polar surface area (TPSA) is 44.8 Å². The lowest BCUT2D eigenvalue weighted by molar-refractivity contribution is -0.174. The minimum atomic E-state index is -0.662. The summed E-state index contributed by atoms with van der Waals surface area (Å²) in [4.78, 5) is 11.9. The Morgan fingerprint density at radius 2 is 1.89 bits per heavy atom. The van der Waals surface area contributed by atoms with Crippen molar-refractivity contribution in [2.24, 2.45) is 0 Å². The fourth-order valence-electron chi connectivity index (χ4n) is 2.90. The van der Waals surface area contributed by atoms with Crippen molar-refractivity contribution in [3.63, 3.8) is 0 Å². The number of hydrogen-bond donors (Lipinski definition) is 0. The number of cyclic esters (lactones) is 1. The number of hydrogen-bond acceptors (Lipinski definition) is 4. The highest BCUT2D eigenvalue weighted by Gasteiger charge is 2.50. The van der Waals surface area contributed by atoms with Gasteiger partial charge in [0.25, 0.3) is 0 Å². The molecular weight excluding hydrogens is 244 g/mol. The molecule has 2 fully saturated rings. The Morgan fingerprint density at radius 3 is 2.63 bits per heavy atom. The molecule has 0 N–H and O–H groups in total. The monoisotopic (exact) mass is 270 g/mol. The van der Waals surface area contributed by atoms with Crippen LogP contribution in [0.4, 0.5) is 0 Å². The number of carbonyl (C=O) groups excluding carboxylic acids is 1. The van der Waals surface area contributed by atoms with Gasteiger partial charge in [0.05, 0.1) is 0 Å². The predicted octanol–water partition coefficient (Wildman–Crippen LogP) is 3.18. The molecule has 0 aromatic carbocycles. The highest BCUT2D eigenvalue weighted by atomic mass is 16.8. The highest BCUT2D eigenvalue weighted by molar-refractivity contribution is 5.76. The van der Waals surface area contributed by atoms with Crippen LogP contribution in [0.5, 0.6) is 0 Å². The number of carbonyl (C=O) groups is 1. The maximum atomic E-state index is 11.9. The van der Waals surface area contributed by atoms with Crippen LogP contribution in [0.25, 0.3) is 0 Å². The summed E-state index contributed by atoms with van der Waals surface area (Å²) in [6, 6.07) is 0. The van der Waals surface area contributed by atoms with E-state index < -0.39 is 11.9 Å². The van der Waals surface area contributed by atoms with Crippen molar-refractivity contribution in [1.29, 1.82) is 0 Å². The van der Waals surface area contributed by atoms with E-state index in [1.54, 1.807) is 0 Å². The van der Waals surface area contributed by atoms with Gasteiger partial charge in [0.1, 0.15) is 12.2 Å². The van der Waals surface area contributed by atoms with Crippen LogP contribution in [0.1, 0.15) is 65.7 Å². The molecule has 4 nitrogen and oxygen atoms in total. The Hall–Kier alpha value is -0.610. The molecular formula is C15H26O4. The molecule has 3 atom stereocenters. The number of rotatable bonds is 6. The van der Waals surface area contributed by atoms with Gasteiger partial charge in [-0.1, -0.05) is 32.6 Å². The molecule has 0 unspecified atom stereocenters. The molecule has 0 saturated carbocycles. The maximum Gasteiger partial charge on any atom is 0.338 e. The van der Waals surface area contributed by atoms with Crippen molar-refractivity contribution in [1.82, 2.24) is 0 Å². The van der Waals surface area contributed by atoms with E-state index in [0.717, 1.165) is 19.3 Å². The Labute approximate surface area is 115 Å². The number of unbranched alkanes of at least 4 members (excludes halogenated alkanes) is 4. The summed E-state index contributed by atoms with van der Waals surface area (Å²) in [7, 11) is 0. The number of fused-ring (bicyclic) bond motifs is 1. The standard InChI is InChI=1S/C15H26O4/c1-4-5-6-7-8-9-11-10-12-13(14(16)17-11)19-15(2,3)18-12/h11-13H,4-10H2,1-3H3/t11-,12-,13-/m0/s1. The summed E-state index contributed by atoms with van der Waals surface area (Å²) in [6.45, 7) is 5.90. The van der Waals surface area contributed by atoms with Crippen LogP contribution in [0, 0.1) is 0 Å². The van der Waals surface area contributed by atoms with Gasteiger partial charge in [0.15, 0.2) is 11.9 Å². The van der Waals surface area contributed by atoms with E-state index in [-0.39, 0.29) is 18.2 Å². The van der Waals surface area contributed by atoms with Gasteiger partial charge in [-0.15, -0.1) is 0 Å². The zero-order valence-corrected chi connectivity index (χ0v) is 12.3.